The van der Waals surface area contributed by atoms with E-state index < -0.39 is 0 Å². The first-order chi connectivity index (χ1) is 10.2. The summed E-state index contributed by atoms with van der Waals surface area (Å²) in [5.41, 5.74) is 4.18. The van der Waals surface area contributed by atoms with Crippen molar-refractivity contribution < 1.29 is 0 Å². The van der Waals surface area contributed by atoms with Gasteiger partial charge in [0.25, 0.3) is 0 Å². The van der Waals surface area contributed by atoms with Crippen LogP contribution in [0.25, 0.3) is 0 Å². The van der Waals surface area contributed by atoms with Crippen LogP contribution in [0.15, 0.2) is 48.5 Å². The van der Waals surface area contributed by atoms with Crippen LogP contribution in [0.5, 0.6) is 0 Å². The number of nitrogens with one attached hydrogen (secondary N) is 1. The van der Waals surface area contributed by atoms with Gasteiger partial charge in [0.1, 0.15) is 0 Å². The molecule has 21 heavy (non-hydrogen) atoms. The minimum atomic E-state index is 0.438. The third-order valence-electron chi connectivity index (χ3n) is 4.09. The molecule has 2 heteroatoms. The molecular weight excluding hydrogens is 278 g/mol. The Morgan fingerprint density at radius 3 is 2.62 bits per heavy atom. The average Bonchev–Trinajstić information content (AvgIpc) is 3.30. The fourth-order valence-electron chi connectivity index (χ4n) is 2.76. The third kappa shape index (κ3) is 4.33. The quantitative estimate of drug-likeness (QED) is 0.797. The molecule has 1 atom stereocenters. The summed E-state index contributed by atoms with van der Waals surface area (Å²) >= 11 is 6.03. The van der Waals surface area contributed by atoms with E-state index in [0.29, 0.717) is 6.04 Å². The number of hydrogen-bond donors (Lipinski definition) is 1. The van der Waals surface area contributed by atoms with Crippen molar-refractivity contribution in [2.24, 2.45) is 0 Å². The van der Waals surface area contributed by atoms with Crippen LogP contribution >= 0.6 is 11.6 Å². The van der Waals surface area contributed by atoms with E-state index >= 15 is 0 Å². The molecule has 0 bridgehead atoms. The molecule has 1 nitrogen and oxygen atoms in total. The Morgan fingerprint density at radius 1 is 1.10 bits per heavy atom. The van der Waals surface area contributed by atoms with Crippen molar-refractivity contribution in [2.75, 3.05) is 0 Å². The zero-order valence-electron chi connectivity index (χ0n) is 12.5. The van der Waals surface area contributed by atoms with Gasteiger partial charge in [0.2, 0.25) is 0 Å². The van der Waals surface area contributed by atoms with E-state index in [4.69, 9.17) is 11.6 Å². The van der Waals surface area contributed by atoms with Crippen molar-refractivity contribution in [1.29, 1.82) is 0 Å². The highest BCUT2D eigenvalue weighted by atomic mass is 35.5. The van der Waals surface area contributed by atoms with Crippen molar-refractivity contribution in [3.8, 4) is 0 Å². The largest absolute Gasteiger partial charge is 0.310 e. The maximum Gasteiger partial charge on any atom is 0.0408 e. The molecular formula is C19H22ClN. The summed E-state index contributed by atoms with van der Waals surface area (Å²) in [6.07, 6.45) is 3.73. The number of halogens is 1. The Bertz CT molecular complexity index is 604. The molecule has 1 N–H and O–H groups in total. The number of rotatable bonds is 6. The standard InChI is InChI=1S/C19H22ClN/c1-14(10-15-4-3-7-19(20)12-15)21-13-16-5-2-6-18(11-16)17-8-9-17/h2-7,11-12,14,17,21H,8-10,13H2,1H3. The molecule has 0 amide bonds. The van der Waals surface area contributed by atoms with E-state index in [9.17, 15) is 0 Å². The minimum Gasteiger partial charge on any atom is -0.310 e. The number of benzene rings is 2. The van der Waals surface area contributed by atoms with Crippen molar-refractivity contribution in [1.82, 2.24) is 5.32 Å². The molecule has 0 saturated heterocycles. The van der Waals surface area contributed by atoms with Crippen molar-refractivity contribution in [3.63, 3.8) is 0 Å². The van der Waals surface area contributed by atoms with Crippen molar-refractivity contribution >= 4 is 11.6 Å². The van der Waals surface area contributed by atoms with Gasteiger partial charge in [-0.1, -0.05) is 48.0 Å². The van der Waals surface area contributed by atoms with E-state index in [1.165, 1.54) is 29.5 Å². The highest BCUT2D eigenvalue weighted by Crippen LogP contribution is 2.40. The smallest absolute Gasteiger partial charge is 0.0408 e. The molecule has 1 saturated carbocycles. The Kier molecular flexibility index (Phi) is 4.62. The van der Waals surface area contributed by atoms with Crippen LogP contribution in [-0.4, -0.2) is 6.04 Å². The van der Waals surface area contributed by atoms with Crippen LogP contribution < -0.4 is 5.32 Å². The first-order valence-corrected chi connectivity index (χ1v) is 8.15. The summed E-state index contributed by atoms with van der Waals surface area (Å²) in [6, 6.07) is 17.6. The molecule has 0 aliphatic heterocycles. The van der Waals surface area contributed by atoms with Crippen LogP contribution in [0.1, 0.15) is 42.4 Å². The fourth-order valence-corrected chi connectivity index (χ4v) is 2.97. The maximum atomic E-state index is 6.03. The molecule has 1 unspecified atom stereocenters. The van der Waals surface area contributed by atoms with Gasteiger partial charge in [0.05, 0.1) is 0 Å². The van der Waals surface area contributed by atoms with Gasteiger partial charge >= 0.3 is 0 Å². The summed E-state index contributed by atoms with van der Waals surface area (Å²) in [7, 11) is 0. The first kappa shape index (κ1) is 14.6. The molecule has 0 aromatic heterocycles. The van der Waals surface area contributed by atoms with Crippen molar-refractivity contribution in [3.05, 3.63) is 70.2 Å². The Labute approximate surface area is 132 Å². The topological polar surface area (TPSA) is 12.0 Å². The van der Waals surface area contributed by atoms with Gasteiger partial charge in [0.15, 0.2) is 0 Å². The molecule has 110 valence electrons. The van der Waals surface area contributed by atoms with Gasteiger partial charge in [-0.3, -0.25) is 0 Å². The summed E-state index contributed by atoms with van der Waals surface area (Å²) in [5, 5.41) is 4.43. The second-order valence-electron chi connectivity index (χ2n) is 6.14. The van der Waals surface area contributed by atoms with E-state index in [1.807, 2.05) is 18.2 Å². The van der Waals surface area contributed by atoms with Crippen LogP contribution in [0.3, 0.4) is 0 Å². The highest BCUT2D eigenvalue weighted by molar-refractivity contribution is 6.30. The third-order valence-corrected chi connectivity index (χ3v) is 4.32. The summed E-state index contributed by atoms with van der Waals surface area (Å²) in [5.74, 6) is 0.828. The second-order valence-corrected chi connectivity index (χ2v) is 6.57. The van der Waals surface area contributed by atoms with Gasteiger partial charge in [-0.15, -0.1) is 0 Å². The molecule has 0 spiro atoms. The Morgan fingerprint density at radius 2 is 1.86 bits per heavy atom. The lowest BCUT2D eigenvalue weighted by atomic mass is 10.1. The van der Waals surface area contributed by atoms with Gasteiger partial charge < -0.3 is 5.32 Å². The zero-order valence-corrected chi connectivity index (χ0v) is 13.2. The molecule has 0 radical (unpaired) electrons. The highest BCUT2D eigenvalue weighted by Gasteiger charge is 2.23. The molecule has 2 aromatic carbocycles. The van der Waals surface area contributed by atoms with E-state index in [1.54, 1.807) is 0 Å². The average molecular weight is 300 g/mol. The van der Waals surface area contributed by atoms with Gasteiger partial charge in [-0.2, -0.15) is 0 Å². The van der Waals surface area contributed by atoms with Gasteiger partial charge in [-0.25, -0.2) is 0 Å². The van der Waals surface area contributed by atoms with E-state index in [2.05, 4.69) is 42.6 Å². The first-order valence-electron chi connectivity index (χ1n) is 7.77. The predicted molar refractivity (Wildman–Crippen MR) is 89.9 cm³/mol. The molecule has 0 heterocycles. The summed E-state index contributed by atoms with van der Waals surface area (Å²) in [4.78, 5) is 0. The second kappa shape index (κ2) is 6.64. The summed E-state index contributed by atoms with van der Waals surface area (Å²) < 4.78 is 0. The monoisotopic (exact) mass is 299 g/mol. The minimum absolute atomic E-state index is 0.438. The lowest BCUT2D eigenvalue weighted by Gasteiger charge is -2.14. The SMILES string of the molecule is CC(Cc1cccc(Cl)c1)NCc1cccc(C2CC2)c1. The van der Waals surface area contributed by atoms with E-state index in [0.717, 1.165) is 23.9 Å². The normalized spacial score (nSPS) is 15.9. The van der Waals surface area contributed by atoms with Crippen molar-refractivity contribution in [2.45, 2.75) is 44.7 Å². The number of hydrogen-bond acceptors (Lipinski definition) is 1. The van der Waals surface area contributed by atoms with Crippen LogP contribution in [0.2, 0.25) is 5.02 Å². The Balaban J connectivity index is 1.53. The molecule has 1 fully saturated rings. The molecule has 2 aromatic rings. The van der Waals surface area contributed by atoms with Crippen LogP contribution in [-0.2, 0) is 13.0 Å². The molecule has 3 rings (SSSR count). The lowest BCUT2D eigenvalue weighted by molar-refractivity contribution is 0.545. The zero-order chi connectivity index (χ0) is 14.7. The maximum absolute atomic E-state index is 6.03. The molecule has 1 aliphatic rings. The van der Waals surface area contributed by atoms with Crippen LogP contribution in [0.4, 0.5) is 0 Å². The summed E-state index contributed by atoms with van der Waals surface area (Å²) in [6.45, 7) is 3.16. The fraction of sp³-hybridized carbons (Fsp3) is 0.368. The Hall–Kier alpha value is -1.31. The van der Waals surface area contributed by atoms with Gasteiger partial charge in [0, 0.05) is 17.6 Å². The van der Waals surface area contributed by atoms with E-state index in [-0.39, 0.29) is 0 Å². The lowest BCUT2D eigenvalue weighted by Crippen LogP contribution is -2.27. The predicted octanol–water partition coefficient (Wildman–Crippen LogP) is 4.94. The molecule has 1 aliphatic carbocycles. The van der Waals surface area contributed by atoms with Gasteiger partial charge in [-0.05, 0) is 60.9 Å². The van der Waals surface area contributed by atoms with Crippen LogP contribution in [0, 0.1) is 0 Å².